The van der Waals surface area contributed by atoms with Crippen molar-refractivity contribution in [2.45, 2.75) is 63.6 Å². The Kier molecular flexibility index (Phi) is 10.3. The number of rotatable bonds is 11. The normalized spacial score (nSPS) is 18.9. The van der Waals surface area contributed by atoms with Crippen molar-refractivity contribution in [2.75, 3.05) is 13.2 Å². The lowest BCUT2D eigenvalue weighted by atomic mass is 10.1. The maximum Gasteiger partial charge on any atom is 0.319 e. The Labute approximate surface area is 304 Å². The van der Waals surface area contributed by atoms with Gasteiger partial charge in [0, 0.05) is 43.2 Å². The highest BCUT2D eigenvalue weighted by molar-refractivity contribution is 9.10. The summed E-state index contributed by atoms with van der Waals surface area (Å²) in [7, 11) is -3.92. The predicted molar refractivity (Wildman–Crippen MR) is 185 cm³/mol. The Balaban J connectivity index is 1.28. The van der Waals surface area contributed by atoms with Gasteiger partial charge >= 0.3 is 23.9 Å². The number of nitrogens with zero attached hydrogens (tertiary/aromatic N) is 5. The van der Waals surface area contributed by atoms with Gasteiger partial charge in [-0.05, 0) is 36.8 Å². The molecule has 0 spiro atoms. The fourth-order valence-electron chi connectivity index (χ4n) is 5.74. The van der Waals surface area contributed by atoms with Crippen molar-refractivity contribution in [3.63, 3.8) is 0 Å². The first-order valence-electron chi connectivity index (χ1n) is 15.5. The molecule has 0 aliphatic carbocycles. The van der Waals surface area contributed by atoms with E-state index >= 15 is 0 Å². The summed E-state index contributed by atoms with van der Waals surface area (Å²) in [6.45, 7) is 5.20. The van der Waals surface area contributed by atoms with Gasteiger partial charge in [-0.15, -0.1) is 0 Å². The van der Waals surface area contributed by atoms with Gasteiger partial charge in [0.15, 0.2) is 29.2 Å². The number of hydrogen-bond acceptors (Lipinski definition) is 13. The number of halogens is 2. The number of aryl methyl sites for hydroxylation is 1. The standard InChI is InChI=1S/C33H31BrClN5O10S/c1-17-5-8-23(9-6-17)51(44,45)40-14-21(24-10-7-22(34)13-25(24)40)11-12-46-33-37-30(35)27-31(38-33)39(16-36-27)32-29(49-20(4)43)28(48-19(3)42)26(50-32)15-47-18(2)41/h5-10,13-14,16,26,28-29,32H,11-12,15H2,1-4H3/t26-,28-,29-,32-/m1/s1. The van der Waals surface area contributed by atoms with E-state index < -0.39 is 52.5 Å². The Hall–Kier alpha value is -4.58. The second-order valence-electron chi connectivity index (χ2n) is 11.7. The zero-order valence-electron chi connectivity index (χ0n) is 27.6. The molecule has 51 heavy (non-hydrogen) atoms. The maximum atomic E-state index is 13.7. The predicted octanol–water partition coefficient (Wildman–Crippen LogP) is 4.69. The molecule has 1 aliphatic heterocycles. The topological polar surface area (TPSA) is 180 Å². The highest BCUT2D eigenvalue weighted by Crippen LogP contribution is 2.37. The molecule has 1 fully saturated rings. The van der Waals surface area contributed by atoms with Crippen LogP contribution in [0.3, 0.4) is 0 Å². The van der Waals surface area contributed by atoms with Crippen LogP contribution in [-0.4, -0.2) is 81.3 Å². The van der Waals surface area contributed by atoms with E-state index in [-0.39, 0.29) is 46.9 Å². The average Bonchev–Trinajstić information content (AvgIpc) is 3.74. The van der Waals surface area contributed by atoms with Gasteiger partial charge in [0.05, 0.1) is 23.3 Å². The van der Waals surface area contributed by atoms with E-state index in [9.17, 15) is 22.8 Å². The number of fused-ring (bicyclic) bond motifs is 2. The van der Waals surface area contributed by atoms with Gasteiger partial charge in [0.1, 0.15) is 18.2 Å². The van der Waals surface area contributed by atoms with Gasteiger partial charge in [0.25, 0.3) is 10.0 Å². The average molecular weight is 805 g/mol. The molecule has 4 heterocycles. The van der Waals surface area contributed by atoms with Crippen LogP contribution >= 0.6 is 27.5 Å². The first-order chi connectivity index (χ1) is 24.2. The van der Waals surface area contributed by atoms with Crippen LogP contribution in [0.5, 0.6) is 6.01 Å². The molecular weight excluding hydrogens is 774 g/mol. The van der Waals surface area contributed by atoms with Gasteiger partial charge in [-0.25, -0.2) is 17.4 Å². The lowest BCUT2D eigenvalue weighted by Gasteiger charge is -2.23. The summed E-state index contributed by atoms with van der Waals surface area (Å²) in [6.07, 6.45) is -1.28. The summed E-state index contributed by atoms with van der Waals surface area (Å²) < 4.78 is 58.9. The number of esters is 3. The minimum absolute atomic E-state index is 0.0325. The zero-order valence-corrected chi connectivity index (χ0v) is 30.8. The van der Waals surface area contributed by atoms with Crippen LogP contribution in [0, 0.1) is 6.92 Å². The molecule has 15 nitrogen and oxygen atoms in total. The van der Waals surface area contributed by atoms with Crippen LogP contribution in [-0.2, 0) is 49.8 Å². The Morgan fingerprint density at radius 2 is 1.69 bits per heavy atom. The number of carbonyl (C=O) groups excluding carboxylic acids is 3. The van der Waals surface area contributed by atoms with E-state index in [1.54, 1.807) is 36.5 Å². The van der Waals surface area contributed by atoms with Crippen molar-refractivity contribution < 1.29 is 46.5 Å². The van der Waals surface area contributed by atoms with Crippen molar-refractivity contribution in [1.82, 2.24) is 23.5 Å². The van der Waals surface area contributed by atoms with Gasteiger partial charge in [-0.3, -0.25) is 19.0 Å². The van der Waals surface area contributed by atoms with Crippen molar-refractivity contribution in [3.8, 4) is 6.01 Å². The van der Waals surface area contributed by atoms with Gasteiger partial charge in [0.2, 0.25) is 0 Å². The van der Waals surface area contributed by atoms with Crippen LogP contribution in [0.2, 0.25) is 5.15 Å². The lowest BCUT2D eigenvalue weighted by Crippen LogP contribution is -2.40. The molecule has 5 aromatic rings. The fraction of sp³-hybridized carbons (Fsp3) is 0.333. The molecule has 1 aliphatic rings. The first-order valence-corrected chi connectivity index (χ1v) is 18.1. The molecule has 0 radical (unpaired) electrons. The van der Waals surface area contributed by atoms with E-state index in [1.165, 1.54) is 35.6 Å². The van der Waals surface area contributed by atoms with Crippen molar-refractivity contribution >= 4 is 77.5 Å². The second kappa shape index (κ2) is 14.6. The number of ether oxygens (including phenoxy) is 5. The van der Waals surface area contributed by atoms with Crippen LogP contribution in [0.1, 0.15) is 38.1 Å². The Morgan fingerprint density at radius 1 is 0.980 bits per heavy atom. The molecule has 3 aromatic heterocycles. The van der Waals surface area contributed by atoms with E-state index in [2.05, 4.69) is 30.9 Å². The molecule has 0 unspecified atom stereocenters. The summed E-state index contributed by atoms with van der Waals surface area (Å²) in [5, 5.41) is 0.667. The summed E-state index contributed by atoms with van der Waals surface area (Å²) >= 11 is 9.94. The van der Waals surface area contributed by atoms with Crippen LogP contribution in [0.15, 0.2) is 64.4 Å². The number of hydrogen-bond donors (Lipinski definition) is 0. The van der Waals surface area contributed by atoms with Crippen molar-refractivity contribution in [2.24, 2.45) is 0 Å². The molecule has 4 atom stereocenters. The number of carbonyl (C=O) groups is 3. The smallest absolute Gasteiger partial charge is 0.319 e. The maximum absolute atomic E-state index is 13.7. The molecular formula is C33H31BrClN5O10S. The molecule has 0 saturated carbocycles. The van der Waals surface area contributed by atoms with Crippen LogP contribution < -0.4 is 4.74 Å². The van der Waals surface area contributed by atoms with Crippen molar-refractivity contribution in [3.05, 3.63) is 75.7 Å². The molecule has 18 heteroatoms. The minimum Gasteiger partial charge on any atom is -0.463 e. The van der Waals surface area contributed by atoms with E-state index in [4.69, 9.17) is 35.3 Å². The molecule has 2 aromatic carbocycles. The number of aromatic nitrogens is 5. The SMILES string of the molecule is CC(=O)OC[C@H]1O[C@@H](n2cnc3c(Cl)nc(OCCc4cn(S(=O)(=O)c5ccc(C)cc5)c5cc(Br)ccc45)nc32)[C@H](OC(C)=O)[C@@H]1OC(C)=O. The Morgan fingerprint density at radius 3 is 2.37 bits per heavy atom. The highest BCUT2D eigenvalue weighted by atomic mass is 79.9. The largest absolute Gasteiger partial charge is 0.463 e. The summed E-state index contributed by atoms with van der Waals surface area (Å²) in [5.41, 5.74) is 2.45. The van der Waals surface area contributed by atoms with Gasteiger partial charge in [-0.2, -0.15) is 9.97 Å². The van der Waals surface area contributed by atoms with E-state index in [0.717, 1.165) is 5.56 Å². The lowest BCUT2D eigenvalue weighted by molar-refractivity contribution is -0.166. The fourth-order valence-corrected chi connectivity index (χ4v) is 7.68. The van der Waals surface area contributed by atoms with Crippen LogP contribution in [0.25, 0.3) is 22.1 Å². The molecule has 1 saturated heterocycles. The molecule has 0 bridgehead atoms. The number of imidazole rings is 1. The van der Waals surface area contributed by atoms with Gasteiger partial charge < -0.3 is 23.7 Å². The minimum atomic E-state index is -3.92. The zero-order chi connectivity index (χ0) is 36.6. The van der Waals surface area contributed by atoms with E-state index in [1.807, 2.05) is 19.1 Å². The molecule has 0 amide bonds. The van der Waals surface area contributed by atoms with Gasteiger partial charge in [-0.1, -0.05) is 51.3 Å². The second-order valence-corrected chi connectivity index (χ2v) is 14.8. The third kappa shape index (κ3) is 7.56. The summed E-state index contributed by atoms with van der Waals surface area (Å²) in [4.78, 5) is 48.9. The summed E-state index contributed by atoms with van der Waals surface area (Å²) in [5.74, 6) is -1.94. The van der Waals surface area contributed by atoms with Crippen molar-refractivity contribution in [1.29, 1.82) is 0 Å². The number of benzene rings is 2. The summed E-state index contributed by atoms with van der Waals surface area (Å²) in [6, 6.07) is 11.9. The third-order valence-corrected chi connectivity index (χ3v) is 10.4. The third-order valence-electron chi connectivity index (χ3n) is 7.97. The van der Waals surface area contributed by atoms with Crippen LogP contribution in [0.4, 0.5) is 0 Å². The molecule has 268 valence electrons. The van der Waals surface area contributed by atoms with E-state index in [0.29, 0.717) is 20.9 Å². The quantitative estimate of drug-likeness (QED) is 0.102. The molecule has 6 rings (SSSR count). The molecule has 0 N–H and O–H groups in total. The monoisotopic (exact) mass is 803 g/mol. The first kappa shape index (κ1) is 36.2. The Bertz CT molecular complexity index is 2260. The highest BCUT2D eigenvalue weighted by Gasteiger charge is 2.51.